The van der Waals surface area contributed by atoms with Crippen molar-refractivity contribution < 1.29 is 13.9 Å². The van der Waals surface area contributed by atoms with Crippen LogP contribution in [0.25, 0.3) is 22.3 Å². The molecule has 168 valence electrons. The topological polar surface area (TPSA) is 68.5 Å². The smallest absolute Gasteiger partial charge is 0.227 e. The Balaban J connectivity index is 1.41. The third-order valence-electron chi connectivity index (χ3n) is 6.55. The van der Waals surface area contributed by atoms with Gasteiger partial charge >= 0.3 is 0 Å². The van der Waals surface area contributed by atoms with Crippen LogP contribution in [0.15, 0.2) is 57.7 Å². The van der Waals surface area contributed by atoms with E-state index < -0.39 is 0 Å². The average Bonchev–Trinajstić information content (AvgIpc) is 2.83. The molecule has 1 N–H and O–H groups in total. The van der Waals surface area contributed by atoms with Crippen LogP contribution in [0.1, 0.15) is 51.9 Å². The predicted octanol–water partition coefficient (Wildman–Crippen LogP) is 6.40. The second-order valence-corrected chi connectivity index (χ2v) is 8.76. The maximum Gasteiger partial charge on any atom is 0.227 e. The van der Waals surface area contributed by atoms with E-state index in [4.69, 9.17) is 9.15 Å². The molecular formula is C27H31NO4. The van der Waals surface area contributed by atoms with Gasteiger partial charge in [-0.25, -0.2) is 0 Å². The number of nitrogens with one attached hydrogen (secondary N) is 1. The standard InChI is InChI=1S/C27H31NO4/c1-3-4-5-18-6-8-20(9-7-18)27(30)28-21-12-10-19(11-13-21)26-17-24(29)23-16-22(31-2)14-15-25(23)32-26/h10-18,20H,3-9H2,1-2H3,(H,28,30). The van der Waals surface area contributed by atoms with Gasteiger partial charge in [0.15, 0.2) is 5.43 Å². The molecule has 0 aliphatic heterocycles. The van der Waals surface area contributed by atoms with Crippen LogP contribution in [0.3, 0.4) is 0 Å². The molecule has 1 amide bonds. The van der Waals surface area contributed by atoms with Crippen LogP contribution in [0.5, 0.6) is 5.75 Å². The predicted molar refractivity (Wildman–Crippen MR) is 128 cm³/mol. The van der Waals surface area contributed by atoms with E-state index in [1.807, 2.05) is 24.3 Å². The highest BCUT2D eigenvalue weighted by Gasteiger charge is 2.26. The van der Waals surface area contributed by atoms with Crippen molar-refractivity contribution in [2.24, 2.45) is 11.8 Å². The highest BCUT2D eigenvalue weighted by Crippen LogP contribution is 2.33. The number of hydrogen-bond acceptors (Lipinski definition) is 4. The Kier molecular flexibility index (Phi) is 6.93. The molecule has 4 rings (SSSR count). The number of ether oxygens (including phenoxy) is 1. The number of anilines is 1. The second kappa shape index (κ2) is 10.0. The molecule has 3 aromatic rings. The number of unbranched alkanes of at least 4 members (excludes halogenated alkanes) is 1. The van der Waals surface area contributed by atoms with Crippen molar-refractivity contribution in [1.29, 1.82) is 0 Å². The van der Waals surface area contributed by atoms with Gasteiger partial charge in [-0.2, -0.15) is 0 Å². The van der Waals surface area contributed by atoms with Crippen LogP contribution in [-0.4, -0.2) is 13.0 Å². The molecule has 1 saturated carbocycles. The lowest BCUT2D eigenvalue weighted by molar-refractivity contribution is -0.121. The number of fused-ring (bicyclic) bond motifs is 1. The molecule has 0 spiro atoms. The lowest BCUT2D eigenvalue weighted by atomic mass is 9.79. The molecule has 0 unspecified atom stereocenters. The maximum absolute atomic E-state index is 12.7. The molecule has 32 heavy (non-hydrogen) atoms. The van der Waals surface area contributed by atoms with E-state index in [2.05, 4.69) is 12.2 Å². The van der Waals surface area contributed by atoms with Gasteiger partial charge in [-0.05, 0) is 74.1 Å². The third-order valence-corrected chi connectivity index (χ3v) is 6.55. The van der Waals surface area contributed by atoms with E-state index in [1.54, 1.807) is 25.3 Å². The van der Waals surface area contributed by atoms with Gasteiger partial charge in [0.05, 0.1) is 12.5 Å². The van der Waals surface area contributed by atoms with Gasteiger partial charge in [0.25, 0.3) is 0 Å². The fourth-order valence-electron chi connectivity index (χ4n) is 4.57. The Morgan fingerprint density at radius 2 is 1.81 bits per heavy atom. The van der Waals surface area contributed by atoms with E-state index in [1.165, 1.54) is 25.3 Å². The number of amides is 1. The minimum absolute atomic E-state index is 0.100. The summed E-state index contributed by atoms with van der Waals surface area (Å²) in [7, 11) is 1.57. The molecule has 0 atom stereocenters. The monoisotopic (exact) mass is 433 g/mol. The zero-order valence-corrected chi connectivity index (χ0v) is 18.9. The molecule has 2 aromatic carbocycles. The zero-order valence-electron chi connectivity index (χ0n) is 18.9. The van der Waals surface area contributed by atoms with Crippen LogP contribution >= 0.6 is 0 Å². The van der Waals surface area contributed by atoms with Gasteiger partial charge in [0, 0.05) is 23.2 Å². The first-order chi connectivity index (χ1) is 15.6. The molecule has 0 saturated heterocycles. The largest absolute Gasteiger partial charge is 0.497 e. The highest BCUT2D eigenvalue weighted by atomic mass is 16.5. The molecule has 1 fully saturated rings. The van der Waals surface area contributed by atoms with Gasteiger partial charge in [0.1, 0.15) is 17.1 Å². The minimum Gasteiger partial charge on any atom is -0.497 e. The van der Waals surface area contributed by atoms with Crippen LogP contribution in [0.2, 0.25) is 0 Å². The minimum atomic E-state index is -0.118. The van der Waals surface area contributed by atoms with Crippen LogP contribution in [0.4, 0.5) is 5.69 Å². The summed E-state index contributed by atoms with van der Waals surface area (Å²) in [5.41, 5.74) is 1.95. The zero-order chi connectivity index (χ0) is 22.5. The molecule has 5 heteroatoms. The first-order valence-corrected chi connectivity index (χ1v) is 11.6. The lowest BCUT2D eigenvalue weighted by Gasteiger charge is -2.27. The first-order valence-electron chi connectivity index (χ1n) is 11.6. The number of methoxy groups -OCH3 is 1. The molecular weight excluding hydrogens is 402 g/mol. The Morgan fingerprint density at radius 1 is 1.06 bits per heavy atom. The Bertz CT molecular complexity index is 1120. The third kappa shape index (κ3) is 5.04. The molecule has 0 bridgehead atoms. The lowest BCUT2D eigenvalue weighted by Crippen LogP contribution is -2.27. The average molecular weight is 434 g/mol. The SMILES string of the molecule is CCCCC1CCC(C(=O)Nc2ccc(-c3cc(=O)c4cc(OC)ccc4o3)cc2)CC1. The van der Waals surface area contributed by atoms with E-state index in [-0.39, 0.29) is 17.3 Å². The summed E-state index contributed by atoms with van der Waals surface area (Å²) in [5, 5.41) is 3.54. The first kappa shape index (κ1) is 22.1. The van der Waals surface area contributed by atoms with Crippen molar-refractivity contribution in [2.75, 3.05) is 12.4 Å². The molecule has 1 heterocycles. The number of carbonyl (C=O) groups excluding carboxylic acids is 1. The highest BCUT2D eigenvalue weighted by molar-refractivity contribution is 5.92. The summed E-state index contributed by atoms with van der Waals surface area (Å²) in [4.78, 5) is 25.2. The fraction of sp³-hybridized carbons (Fsp3) is 0.407. The summed E-state index contributed by atoms with van der Waals surface area (Å²) >= 11 is 0. The van der Waals surface area contributed by atoms with E-state index in [0.717, 1.165) is 42.9 Å². The van der Waals surface area contributed by atoms with E-state index in [9.17, 15) is 9.59 Å². The molecule has 0 radical (unpaired) electrons. The quantitative estimate of drug-likeness (QED) is 0.468. The summed E-state index contributed by atoms with van der Waals surface area (Å²) in [6.45, 7) is 2.23. The molecule has 1 aromatic heterocycles. The molecule has 1 aliphatic carbocycles. The second-order valence-electron chi connectivity index (χ2n) is 8.76. The van der Waals surface area contributed by atoms with Crippen molar-refractivity contribution in [3.05, 3.63) is 58.8 Å². The van der Waals surface area contributed by atoms with Crippen LogP contribution < -0.4 is 15.5 Å². The number of benzene rings is 2. The van der Waals surface area contributed by atoms with Crippen molar-refractivity contribution in [3.63, 3.8) is 0 Å². The Labute approximate surface area is 188 Å². The van der Waals surface area contributed by atoms with Gasteiger partial charge < -0.3 is 14.5 Å². The van der Waals surface area contributed by atoms with Crippen molar-refractivity contribution >= 4 is 22.6 Å². The summed E-state index contributed by atoms with van der Waals surface area (Å²) in [6, 6.07) is 14.1. The van der Waals surface area contributed by atoms with Crippen LogP contribution in [-0.2, 0) is 4.79 Å². The van der Waals surface area contributed by atoms with Gasteiger partial charge in [-0.15, -0.1) is 0 Å². The summed E-state index contributed by atoms with van der Waals surface area (Å²) in [5.74, 6) is 2.11. The number of carbonyl (C=O) groups is 1. The van der Waals surface area contributed by atoms with Gasteiger partial charge in [-0.1, -0.05) is 26.2 Å². The molecule has 1 aliphatic rings. The van der Waals surface area contributed by atoms with Crippen molar-refractivity contribution in [3.8, 4) is 17.1 Å². The van der Waals surface area contributed by atoms with Crippen LogP contribution in [0, 0.1) is 11.8 Å². The van der Waals surface area contributed by atoms with Gasteiger partial charge in [-0.3, -0.25) is 9.59 Å². The summed E-state index contributed by atoms with van der Waals surface area (Å²) in [6.07, 6.45) is 8.10. The Morgan fingerprint density at radius 3 is 2.50 bits per heavy atom. The maximum atomic E-state index is 12.7. The Hall–Kier alpha value is -3.08. The number of rotatable bonds is 7. The van der Waals surface area contributed by atoms with E-state index >= 15 is 0 Å². The van der Waals surface area contributed by atoms with E-state index in [0.29, 0.717) is 22.5 Å². The normalized spacial score (nSPS) is 18.4. The summed E-state index contributed by atoms with van der Waals surface area (Å²) < 4.78 is 11.1. The fourth-order valence-corrected chi connectivity index (χ4v) is 4.57. The van der Waals surface area contributed by atoms with Crippen molar-refractivity contribution in [2.45, 2.75) is 51.9 Å². The van der Waals surface area contributed by atoms with Gasteiger partial charge in [0.2, 0.25) is 5.91 Å². The molecule has 5 nitrogen and oxygen atoms in total. The number of hydrogen-bond donors (Lipinski definition) is 1. The van der Waals surface area contributed by atoms with Crippen molar-refractivity contribution in [1.82, 2.24) is 0 Å².